The number of hydrogen-bond donors (Lipinski definition) is 0. The predicted molar refractivity (Wildman–Crippen MR) is 51.6 cm³/mol. The van der Waals surface area contributed by atoms with Gasteiger partial charge in [-0.15, -0.1) is 11.6 Å². The minimum atomic E-state index is 0.522. The summed E-state index contributed by atoms with van der Waals surface area (Å²) >= 11 is 7.37. The van der Waals surface area contributed by atoms with Crippen LogP contribution in [-0.4, -0.2) is 26.4 Å². The Balaban J connectivity index is 2.38. The Hall–Kier alpha value is -0.220. The van der Waals surface area contributed by atoms with E-state index in [1.807, 2.05) is 7.05 Å². The average Bonchev–Trinajstić information content (AvgIpc) is 2.47. The van der Waals surface area contributed by atoms with E-state index in [2.05, 4.69) is 17.0 Å². The van der Waals surface area contributed by atoms with Crippen LogP contribution in [0.1, 0.15) is 6.92 Å². The normalized spacial score (nSPS) is 13.2. The molecular weight excluding hydrogens is 194 g/mol. The summed E-state index contributed by atoms with van der Waals surface area (Å²) in [7, 11) is 1.89. The molecule has 5 heteroatoms. The van der Waals surface area contributed by atoms with Gasteiger partial charge in [-0.25, -0.2) is 9.67 Å². The molecule has 0 aliphatic rings. The van der Waals surface area contributed by atoms with Crippen LogP contribution in [0, 0.1) is 5.92 Å². The molecule has 1 atom stereocenters. The minimum Gasteiger partial charge on any atom is -0.244 e. The standard InChI is InChI=1S/C7H12ClN3S/c1-6(3-8)4-12-7-9-5-10-11(7)2/h5-6H,3-4H2,1-2H3. The van der Waals surface area contributed by atoms with Crippen molar-refractivity contribution >= 4 is 23.4 Å². The largest absolute Gasteiger partial charge is 0.244 e. The Labute approximate surface area is 81.5 Å². The zero-order valence-corrected chi connectivity index (χ0v) is 8.77. The number of thioether (sulfide) groups is 1. The van der Waals surface area contributed by atoms with Crippen LogP contribution in [0.5, 0.6) is 0 Å². The number of rotatable bonds is 4. The van der Waals surface area contributed by atoms with Gasteiger partial charge in [-0.2, -0.15) is 5.10 Å². The molecule has 0 aliphatic carbocycles. The SMILES string of the molecule is CC(CCl)CSc1ncnn1C. The van der Waals surface area contributed by atoms with Crippen LogP contribution >= 0.6 is 23.4 Å². The highest BCUT2D eigenvalue weighted by Crippen LogP contribution is 2.17. The third-order valence-electron chi connectivity index (χ3n) is 1.43. The zero-order chi connectivity index (χ0) is 8.97. The van der Waals surface area contributed by atoms with Gasteiger partial charge in [0.2, 0.25) is 0 Å². The molecule has 1 unspecified atom stereocenters. The van der Waals surface area contributed by atoms with Gasteiger partial charge in [-0.1, -0.05) is 18.7 Å². The molecule has 0 fully saturated rings. The quantitative estimate of drug-likeness (QED) is 0.555. The molecule has 1 rings (SSSR count). The number of alkyl halides is 1. The van der Waals surface area contributed by atoms with Crippen molar-refractivity contribution in [3.8, 4) is 0 Å². The Bertz CT molecular complexity index is 238. The Morgan fingerprint density at radius 1 is 1.75 bits per heavy atom. The maximum absolute atomic E-state index is 5.68. The maximum atomic E-state index is 5.68. The van der Waals surface area contributed by atoms with E-state index in [1.165, 1.54) is 0 Å². The monoisotopic (exact) mass is 205 g/mol. The lowest BCUT2D eigenvalue weighted by atomic mass is 10.3. The first-order valence-electron chi connectivity index (χ1n) is 3.76. The molecule has 0 saturated carbocycles. The molecule has 0 saturated heterocycles. The second kappa shape index (κ2) is 4.72. The van der Waals surface area contributed by atoms with Gasteiger partial charge >= 0.3 is 0 Å². The molecule has 0 radical (unpaired) electrons. The van der Waals surface area contributed by atoms with Crippen LogP contribution in [-0.2, 0) is 7.05 Å². The summed E-state index contributed by atoms with van der Waals surface area (Å²) in [6, 6.07) is 0. The smallest absolute Gasteiger partial charge is 0.185 e. The molecule has 1 aromatic rings. The molecule has 1 heterocycles. The van der Waals surface area contributed by atoms with Crippen LogP contribution in [0.2, 0.25) is 0 Å². The first-order valence-corrected chi connectivity index (χ1v) is 5.28. The van der Waals surface area contributed by atoms with Crippen LogP contribution in [0.25, 0.3) is 0 Å². The molecule has 68 valence electrons. The summed E-state index contributed by atoms with van der Waals surface area (Å²) in [6.45, 7) is 2.12. The molecule has 0 spiro atoms. The van der Waals surface area contributed by atoms with Crippen molar-refractivity contribution in [2.45, 2.75) is 12.1 Å². The number of halogens is 1. The third kappa shape index (κ3) is 2.68. The first-order chi connectivity index (χ1) is 5.74. The van der Waals surface area contributed by atoms with Crippen LogP contribution in [0.4, 0.5) is 0 Å². The highest BCUT2D eigenvalue weighted by molar-refractivity contribution is 7.99. The summed E-state index contributed by atoms with van der Waals surface area (Å²) in [6.07, 6.45) is 1.56. The van der Waals surface area contributed by atoms with E-state index in [0.29, 0.717) is 11.8 Å². The van der Waals surface area contributed by atoms with Gasteiger partial charge in [0.05, 0.1) is 0 Å². The Kier molecular flexibility index (Phi) is 3.88. The fourth-order valence-electron chi connectivity index (χ4n) is 0.678. The van der Waals surface area contributed by atoms with Gasteiger partial charge in [-0.05, 0) is 5.92 Å². The zero-order valence-electron chi connectivity index (χ0n) is 7.20. The number of hydrogen-bond acceptors (Lipinski definition) is 3. The predicted octanol–water partition coefficient (Wildman–Crippen LogP) is 1.78. The van der Waals surface area contributed by atoms with Crippen LogP contribution in [0.15, 0.2) is 11.5 Å². The lowest BCUT2D eigenvalue weighted by Crippen LogP contribution is -2.01. The summed E-state index contributed by atoms with van der Waals surface area (Å²) in [5, 5.41) is 4.92. The Morgan fingerprint density at radius 3 is 3.00 bits per heavy atom. The molecule has 0 bridgehead atoms. The van der Waals surface area contributed by atoms with Gasteiger partial charge in [0.25, 0.3) is 0 Å². The highest BCUT2D eigenvalue weighted by atomic mass is 35.5. The molecule has 0 amide bonds. The van der Waals surface area contributed by atoms with E-state index in [4.69, 9.17) is 11.6 Å². The fourth-order valence-corrected chi connectivity index (χ4v) is 1.82. The lowest BCUT2D eigenvalue weighted by molar-refractivity contribution is 0.680. The molecule has 3 nitrogen and oxygen atoms in total. The molecule has 0 aliphatic heterocycles. The van der Waals surface area contributed by atoms with Crippen molar-refractivity contribution in [2.75, 3.05) is 11.6 Å². The molecular formula is C7H12ClN3S. The van der Waals surface area contributed by atoms with Crippen molar-refractivity contribution in [1.29, 1.82) is 0 Å². The lowest BCUT2D eigenvalue weighted by Gasteiger charge is -2.04. The van der Waals surface area contributed by atoms with Gasteiger partial charge in [0.15, 0.2) is 5.16 Å². The summed E-state index contributed by atoms with van der Waals surface area (Å²) < 4.78 is 1.77. The molecule has 1 aromatic heterocycles. The van der Waals surface area contributed by atoms with E-state index >= 15 is 0 Å². The van der Waals surface area contributed by atoms with E-state index in [-0.39, 0.29) is 0 Å². The van der Waals surface area contributed by atoms with Crippen LogP contribution in [0.3, 0.4) is 0 Å². The van der Waals surface area contributed by atoms with Crippen molar-refractivity contribution in [3.05, 3.63) is 6.33 Å². The first kappa shape index (κ1) is 9.86. The van der Waals surface area contributed by atoms with Crippen molar-refractivity contribution in [2.24, 2.45) is 13.0 Å². The van der Waals surface area contributed by atoms with E-state index in [1.54, 1.807) is 22.8 Å². The van der Waals surface area contributed by atoms with Gasteiger partial charge in [0, 0.05) is 18.7 Å². The van der Waals surface area contributed by atoms with Gasteiger partial charge < -0.3 is 0 Å². The molecule has 12 heavy (non-hydrogen) atoms. The van der Waals surface area contributed by atoms with Crippen molar-refractivity contribution in [3.63, 3.8) is 0 Å². The summed E-state index contributed by atoms with van der Waals surface area (Å²) in [5.41, 5.74) is 0. The van der Waals surface area contributed by atoms with E-state index in [0.717, 1.165) is 10.9 Å². The minimum absolute atomic E-state index is 0.522. The van der Waals surface area contributed by atoms with Crippen molar-refractivity contribution < 1.29 is 0 Å². The Morgan fingerprint density at radius 2 is 2.50 bits per heavy atom. The highest BCUT2D eigenvalue weighted by Gasteiger charge is 2.04. The topological polar surface area (TPSA) is 30.7 Å². The number of aryl methyl sites for hydroxylation is 1. The van der Waals surface area contributed by atoms with Gasteiger partial charge in [0.1, 0.15) is 6.33 Å². The van der Waals surface area contributed by atoms with Crippen LogP contribution < -0.4 is 0 Å². The summed E-state index contributed by atoms with van der Waals surface area (Å²) in [4.78, 5) is 4.09. The van der Waals surface area contributed by atoms with Gasteiger partial charge in [-0.3, -0.25) is 0 Å². The molecule has 0 N–H and O–H groups in total. The van der Waals surface area contributed by atoms with E-state index < -0.39 is 0 Å². The summed E-state index contributed by atoms with van der Waals surface area (Å²) in [5.74, 6) is 2.22. The van der Waals surface area contributed by atoms with E-state index in [9.17, 15) is 0 Å². The maximum Gasteiger partial charge on any atom is 0.185 e. The second-order valence-corrected chi connectivity index (χ2v) is 4.03. The fraction of sp³-hybridized carbons (Fsp3) is 0.714. The second-order valence-electron chi connectivity index (χ2n) is 2.74. The van der Waals surface area contributed by atoms with Crippen molar-refractivity contribution in [1.82, 2.24) is 14.8 Å². The number of nitrogens with zero attached hydrogens (tertiary/aromatic N) is 3. The molecule has 0 aromatic carbocycles. The average molecular weight is 206 g/mol. The number of aromatic nitrogens is 3. The third-order valence-corrected chi connectivity index (χ3v) is 3.32.